The monoisotopic (exact) mass is 379 g/mol. The second kappa shape index (κ2) is 8.69. The number of sulfonamides is 1. The third kappa shape index (κ3) is 6.99. The Kier molecular flexibility index (Phi) is 6.61. The van der Waals surface area contributed by atoms with Gasteiger partial charge in [-0.3, -0.25) is 9.52 Å². The molecule has 0 amide bonds. The van der Waals surface area contributed by atoms with Gasteiger partial charge in [-0.25, -0.2) is 8.42 Å². The number of carboxylic acid groups (broad SMARTS) is 1. The molecule has 0 saturated carbocycles. The van der Waals surface area contributed by atoms with Crippen molar-refractivity contribution >= 4 is 33.7 Å². The molecule has 0 fully saturated rings. The molecule has 0 atom stereocenters. The van der Waals surface area contributed by atoms with Crippen molar-refractivity contribution < 1.29 is 18.3 Å². The SMILES string of the molecule is O=C(O)Cc1ccc(C=CNS(=O)(=O)CCc2ccc(Cl)cc2)cc1. The maximum Gasteiger partial charge on any atom is 0.307 e. The van der Waals surface area contributed by atoms with Crippen molar-refractivity contribution in [2.75, 3.05) is 5.75 Å². The van der Waals surface area contributed by atoms with E-state index in [1.54, 1.807) is 54.6 Å². The van der Waals surface area contributed by atoms with Crippen molar-refractivity contribution in [2.24, 2.45) is 0 Å². The number of rotatable bonds is 8. The van der Waals surface area contributed by atoms with Gasteiger partial charge in [0.2, 0.25) is 10.0 Å². The average Bonchev–Trinajstić information content (AvgIpc) is 2.55. The maximum absolute atomic E-state index is 12.0. The lowest BCUT2D eigenvalue weighted by atomic mass is 10.1. The van der Waals surface area contributed by atoms with E-state index in [2.05, 4.69) is 4.72 Å². The first-order chi connectivity index (χ1) is 11.8. The van der Waals surface area contributed by atoms with E-state index in [1.165, 1.54) is 6.20 Å². The molecule has 0 bridgehead atoms. The zero-order valence-electron chi connectivity index (χ0n) is 13.4. The minimum absolute atomic E-state index is 0.0312. The Morgan fingerprint density at radius 1 is 1.04 bits per heavy atom. The summed E-state index contributed by atoms with van der Waals surface area (Å²) in [4.78, 5) is 10.6. The highest BCUT2D eigenvalue weighted by molar-refractivity contribution is 7.89. The molecule has 0 saturated heterocycles. The quantitative estimate of drug-likeness (QED) is 0.738. The van der Waals surface area contributed by atoms with Crippen LogP contribution in [0.15, 0.2) is 54.7 Å². The largest absolute Gasteiger partial charge is 0.481 e. The molecule has 5 nitrogen and oxygen atoms in total. The van der Waals surface area contributed by atoms with Crippen LogP contribution in [0.25, 0.3) is 6.08 Å². The van der Waals surface area contributed by atoms with Crippen LogP contribution in [-0.4, -0.2) is 25.2 Å². The van der Waals surface area contributed by atoms with Gasteiger partial charge in [-0.15, -0.1) is 0 Å². The Labute approximate surface area is 152 Å². The van der Waals surface area contributed by atoms with Crippen LogP contribution in [0, 0.1) is 0 Å². The molecule has 25 heavy (non-hydrogen) atoms. The second-order valence-electron chi connectivity index (χ2n) is 5.46. The van der Waals surface area contributed by atoms with Crippen LogP contribution in [0.3, 0.4) is 0 Å². The molecule has 2 rings (SSSR count). The molecule has 2 aromatic rings. The number of hydrogen-bond acceptors (Lipinski definition) is 3. The van der Waals surface area contributed by atoms with Crippen LogP contribution < -0.4 is 4.72 Å². The van der Waals surface area contributed by atoms with Gasteiger partial charge in [0.25, 0.3) is 0 Å². The topological polar surface area (TPSA) is 83.5 Å². The van der Waals surface area contributed by atoms with Crippen LogP contribution in [0.5, 0.6) is 0 Å². The van der Waals surface area contributed by atoms with Crippen LogP contribution >= 0.6 is 11.6 Å². The molecule has 0 aliphatic heterocycles. The van der Waals surface area contributed by atoms with Crippen molar-refractivity contribution in [3.05, 3.63) is 76.4 Å². The van der Waals surface area contributed by atoms with Crippen LogP contribution in [0.4, 0.5) is 0 Å². The molecule has 2 aromatic carbocycles. The van der Waals surface area contributed by atoms with Crippen molar-refractivity contribution in [3.63, 3.8) is 0 Å². The third-order valence-electron chi connectivity index (χ3n) is 3.43. The van der Waals surface area contributed by atoms with Gasteiger partial charge in [0.05, 0.1) is 12.2 Å². The van der Waals surface area contributed by atoms with Crippen LogP contribution in [-0.2, 0) is 27.7 Å². The fourth-order valence-corrected chi connectivity index (χ4v) is 3.14. The van der Waals surface area contributed by atoms with Crippen LogP contribution in [0.2, 0.25) is 5.02 Å². The predicted octanol–water partition coefficient (Wildman–Crippen LogP) is 3.10. The van der Waals surface area contributed by atoms with Gasteiger partial charge in [-0.05, 0) is 41.3 Å². The molecule has 0 aliphatic carbocycles. The lowest BCUT2D eigenvalue weighted by molar-refractivity contribution is -0.136. The molecular weight excluding hydrogens is 362 g/mol. The standard InChI is InChI=1S/C18H18ClNO4S/c19-17-7-5-15(6-8-17)10-12-25(23,24)20-11-9-14-1-3-16(4-2-14)13-18(21)22/h1-9,11,20H,10,12-13H2,(H,21,22). The summed E-state index contributed by atoms with van der Waals surface area (Å²) in [7, 11) is -3.43. The number of carbonyl (C=O) groups is 1. The van der Waals surface area contributed by atoms with E-state index < -0.39 is 16.0 Å². The van der Waals surface area contributed by atoms with Gasteiger partial charge < -0.3 is 5.11 Å². The number of nitrogens with one attached hydrogen (secondary N) is 1. The number of benzene rings is 2. The van der Waals surface area contributed by atoms with Gasteiger partial charge in [0.15, 0.2) is 0 Å². The van der Waals surface area contributed by atoms with Gasteiger partial charge in [-0.1, -0.05) is 48.0 Å². The highest BCUT2D eigenvalue weighted by atomic mass is 35.5. The van der Waals surface area contributed by atoms with E-state index >= 15 is 0 Å². The first-order valence-corrected chi connectivity index (χ1v) is 9.59. The molecule has 0 unspecified atom stereocenters. The van der Waals surface area contributed by atoms with E-state index in [-0.39, 0.29) is 12.2 Å². The summed E-state index contributed by atoms with van der Waals surface area (Å²) in [5, 5.41) is 9.33. The predicted molar refractivity (Wildman–Crippen MR) is 98.9 cm³/mol. The van der Waals surface area contributed by atoms with E-state index in [0.717, 1.165) is 11.1 Å². The number of halogens is 1. The van der Waals surface area contributed by atoms with E-state index in [1.807, 2.05) is 0 Å². The zero-order chi connectivity index (χ0) is 18.3. The lowest BCUT2D eigenvalue weighted by Crippen LogP contribution is -2.22. The van der Waals surface area contributed by atoms with Crippen LogP contribution in [0.1, 0.15) is 16.7 Å². The van der Waals surface area contributed by atoms with Gasteiger partial charge in [-0.2, -0.15) is 0 Å². The smallest absolute Gasteiger partial charge is 0.307 e. The van der Waals surface area contributed by atoms with Crippen molar-refractivity contribution in [1.82, 2.24) is 4.72 Å². The third-order valence-corrected chi connectivity index (χ3v) is 4.92. The highest BCUT2D eigenvalue weighted by Gasteiger charge is 2.08. The summed E-state index contributed by atoms with van der Waals surface area (Å²) >= 11 is 5.79. The van der Waals surface area contributed by atoms with E-state index in [0.29, 0.717) is 17.0 Å². The molecule has 132 valence electrons. The number of carboxylic acids is 1. The summed E-state index contributed by atoms with van der Waals surface area (Å²) in [6.45, 7) is 0. The summed E-state index contributed by atoms with van der Waals surface area (Å²) in [6.07, 6.45) is 3.33. The molecule has 0 spiro atoms. The summed E-state index contributed by atoms with van der Waals surface area (Å²) in [5.74, 6) is -0.923. The normalized spacial score (nSPS) is 11.6. The molecule has 7 heteroatoms. The number of aryl methyl sites for hydroxylation is 1. The molecule has 2 N–H and O–H groups in total. The molecular formula is C18H18ClNO4S. The fourth-order valence-electron chi connectivity index (χ4n) is 2.12. The summed E-state index contributed by atoms with van der Waals surface area (Å²) in [5.41, 5.74) is 2.36. The first kappa shape index (κ1) is 19.0. The number of aliphatic carboxylic acids is 1. The summed E-state index contributed by atoms with van der Waals surface area (Å²) < 4.78 is 26.4. The van der Waals surface area contributed by atoms with Gasteiger partial charge in [0.1, 0.15) is 0 Å². The van der Waals surface area contributed by atoms with Crippen molar-refractivity contribution in [1.29, 1.82) is 0 Å². The highest BCUT2D eigenvalue weighted by Crippen LogP contribution is 2.10. The van der Waals surface area contributed by atoms with Gasteiger partial charge in [0, 0.05) is 11.2 Å². The zero-order valence-corrected chi connectivity index (χ0v) is 14.9. The first-order valence-electron chi connectivity index (χ1n) is 7.56. The molecule has 0 aromatic heterocycles. The number of hydrogen-bond donors (Lipinski definition) is 2. The second-order valence-corrected chi connectivity index (χ2v) is 7.77. The Morgan fingerprint density at radius 2 is 1.64 bits per heavy atom. The van der Waals surface area contributed by atoms with Gasteiger partial charge >= 0.3 is 5.97 Å². The molecule has 0 aliphatic rings. The van der Waals surface area contributed by atoms with E-state index in [4.69, 9.17) is 16.7 Å². The Balaban J connectivity index is 1.86. The molecule has 0 heterocycles. The minimum atomic E-state index is -3.43. The van der Waals surface area contributed by atoms with Crippen molar-refractivity contribution in [3.8, 4) is 0 Å². The lowest BCUT2D eigenvalue weighted by Gasteiger charge is -2.04. The van der Waals surface area contributed by atoms with E-state index in [9.17, 15) is 13.2 Å². The minimum Gasteiger partial charge on any atom is -0.481 e. The maximum atomic E-state index is 12.0. The average molecular weight is 380 g/mol. The summed E-state index contributed by atoms with van der Waals surface area (Å²) in [6, 6.07) is 13.9. The van der Waals surface area contributed by atoms with Crippen molar-refractivity contribution in [2.45, 2.75) is 12.8 Å². The molecule has 0 radical (unpaired) electrons. The Morgan fingerprint density at radius 3 is 2.24 bits per heavy atom. The Hall–Kier alpha value is -2.31. The fraction of sp³-hybridized carbons (Fsp3) is 0.167. The Bertz CT molecular complexity index is 844.